The lowest BCUT2D eigenvalue weighted by atomic mass is 10.1. The van der Waals surface area contributed by atoms with Gasteiger partial charge in [-0.05, 0) is 30.5 Å². The zero-order valence-corrected chi connectivity index (χ0v) is 13.6. The number of hydrogen-bond acceptors (Lipinski definition) is 3. The second kappa shape index (κ2) is 6.05. The van der Waals surface area contributed by atoms with E-state index in [2.05, 4.69) is 13.8 Å². The van der Waals surface area contributed by atoms with Crippen molar-refractivity contribution in [3.63, 3.8) is 0 Å². The minimum absolute atomic E-state index is 0.0813. The highest BCUT2D eigenvalue weighted by molar-refractivity contribution is 7.93. The van der Waals surface area contributed by atoms with Gasteiger partial charge in [0.1, 0.15) is 0 Å². The van der Waals surface area contributed by atoms with Crippen molar-refractivity contribution in [3.05, 3.63) is 29.8 Å². The van der Waals surface area contributed by atoms with E-state index in [1.807, 2.05) is 0 Å². The predicted octanol–water partition coefficient (Wildman–Crippen LogP) is 1.95. The van der Waals surface area contributed by atoms with Gasteiger partial charge in [-0.15, -0.1) is 0 Å². The summed E-state index contributed by atoms with van der Waals surface area (Å²) < 4.78 is 25.3. The lowest BCUT2D eigenvalue weighted by Gasteiger charge is -2.21. The summed E-state index contributed by atoms with van der Waals surface area (Å²) in [6.45, 7) is 5.26. The molecular formula is C15H22N2O3S. The van der Waals surface area contributed by atoms with Crippen LogP contribution >= 0.6 is 0 Å². The first-order valence-electron chi connectivity index (χ1n) is 7.17. The van der Waals surface area contributed by atoms with Crippen molar-refractivity contribution in [2.24, 2.45) is 5.92 Å². The largest absolute Gasteiger partial charge is 0.341 e. The Morgan fingerprint density at radius 3 is 2.67 bits per heavy atom. The Morgan fingerprint density at radius 1 is 1.38 bits per heavy atom. The zero-order valence-electron chi connectivity index (χ0n) is 12.7. The van der Waals surface area contributed by atoms with Gasteiger partial charge in [0.25, 0.3) is 5.91 Å². The normalized spacial score (nSPS) is 17.2. The summed E-state index contributed by atoms with van der Waals surface area (Å²) >= 11 is 0. The monoisotopic (exact) mass is 310 g/mol. The molecule has 1 amide bonds. The highest BCUT2D eigenvalue weighted by atomic mass is 32.2. The zero-order chi connectivity index (χ0) is 15.6. The van der Waals surface area contributed by atoms with E-state index >= 15 is 0 Å². The van der Waals surface area contributed by atoms with Gasteiger partial charge in [-0.3, -0.25) is 9.10 Å². The van der Waals surface area contributed by atoms with Crippen LogP contribution in [-0.4, -0.2) is 45.1 Å². The van der Waals surface area contributed by atoms with E-state index in [0.717, 1.165) is 0 Å². The number of amides is 1. The topological polar surface area (TPSA) is 57.7 Å². The molecule has 0 spiro atoms. The Hall–Kier alpha value is -1.56. The highest BCUT2D eigenvalue weighted by Crippen LogP contribution is 2.25. The first kappa shape index (κ1) is 15.8. The van der Waals surface area contributed by atoms with Crippen LogP contribution in [0.3, 0.4) is 0 Å². The van der Waals surface area contributed by atoms with Gasteiger partial charge in [-0.2, -0.15) is 0 Å². The van der Waals surface area contributed by atoms with Crippen LogP contribution in [0.25, 0.3) is 0 Å². The molecule has 0 aliphatic carbocycles. The summed E-state index contributed by atoms with van der Waals surface area (Å²) in [5.41, 5.74) is 1.11. The third kappa shape index (κ3) is 3.56. The molecule has 1 aliphatic rings. The van der Waals surface area contributed by atoms with Crippen LogP contribution in [0.5, 0.6) is 0 Å². The van der Waals surface area contributed by atoms with Gasteiger partial charge >= 0.3 is 0 Å². The van der Waals surface area contributed by atoms with Crippen LogP contribution in [0, 0.1) is 5.92 Å². The van der Waals surface area contributed by atoms with Gasteiger partial charge in [0, 0.05) is 25.7 Å². The van der Waals surface area contributed by atoms with Gasteiger partial charge in [-0.25, -0.2) is 8.42 Å². The molecule has 6 heteroatoms. The Morgan fingerprint density at radius 2 is 2.10 bits per heavy atom. The molecule has 1 aromatic carbocycles. The molecule has 0 saturated carbocycles. The average molecular weight is 310 g/mol. The average Bonchev–Trinajstić information content (AvgIpc) is 2.77. The Balaban J connectivity index is 2.24. The molecule has 1 aliphatic heterocycles. The standard InChI is InChI=1S/C15H22N2O3S/c1-12(2)11-16(3)15(18)13-6-4-7-14(10-13)17-8-5-9-21(17,19)20/h4,6-7,10,12H,5,8-9,11H2,1-3H3. The first-order valence-corrected chi connectivity index (χ1v) is 8.78. The molecule has 5 nitrogen and oxygen atoms in total. The molecule has 0 atom stereocenters. The lowest BCUT2D eigenvalue weighted by molar-refractivity contribution is 0.0779. The van der Waals surface area contributed by atoms with E-state index in [4.69, 9.17) is 0 Å². The van der Waals surface area contributed by atoms with E-state index in [0.29, 0.717) is 36.7 Å². The van der Waals surface area contributed by atoms with Gasteiger partial charge in [0.2, 0.25) is 10.0 Å². The third-order valence-corrected chi connectivity index (χ3v) is 5.34. The van der Waals surface area contributed by atoms with Gasteiger partial charge < -0.3 is 4.90 Å². The number of benzene rings is 1. The van der Waals surface area contributed by atoms with Gasteiger partial charge in [0.15, 0.2) is 0 Å². The van der Waals surface area contributed by atoms with Crippen molar-refractivity contribution in [2.75, 3.05) is 30.2 Å². The molecule has 0 N–H and O–H groups in total. The van der Waals surface area contributed by atoms with Crippen LogP contribution in [0.15, 0.2) is 24.3 Å². The van der Waals surface area contributed by atoms with Crippen molar-refractivity contribution in [2.45, 2.75) is 20.3 Å². The summed E-state index contributed by atoms with van der Waals surface area (Å²) in [5.74, 6) is 0.488. The third-order valence-electron chi connectivity index (χ3n) is 3.47. The highest BCUT2D eigenvalue weighted by Gasteiger charge is 2.28. The molecule has 21 heavy (non-hydrogen) atoms. The lowest BCUT2D eigenvalue weighted by Crippen LogP contribution is -2.30. The number of nitrogens with zero attached hydrogens (tertiary/aromatic N) is 2. The molecule has 0 radical (unpaired) electrons. The fourth-order valence-corrected chi connectivity index (χ4v) is 4.13. The van der Waals surface area contributed by atoms with Gasteiger partial charge in [0.05, 0.1) is 11.4 Å². The number of anilines is 1. The Labute approximate surface area is 126 Å². The van der Waals surface area contributed by atoms with Crippen LogP contribution < -0.4 is 4.31 Å². The second-order valence-electron chi connectivity index (χ2n) is 5.87. The summed E-state index contributed by atoms with van der Waals surface area (Å²) in [6.07, 6.45) is 0.633. The number of rotatable bonds is 4. The fourth-order valence-electron chi connectivity index (χ4n) is 2.57. The molecule has 2 rings (SSSR count). The molecule has 1 saturated heterocycles. The predicted molar refractivity (Wildman–Crippen MR) is 84.0 cm³/mol. The molecule has 0 unspecified atom stereocenters. The maximum absolute atomic E-state index is 12.4. The van der Waals surface area contributed by atoms with Gasteiger partial charge in [-0.1, -0.05) is 19.9 Å². The summed E-state index contributed by atoms with van der Waals surface area (Å²) in [4.78, 5) is 14.0. The number of hydrogen-bond donors (Lipinski definition) is 0. The van der Waals surface area contributed by atoms with Crippen LogP contribution in [0.1, 0.15) is 30.6 Å². The second-order valence-corrected chi connectivity index (χ2v) is 7.88. The smallest absolute Gasteiger partial charge is 0.253 e. The Bertz CT molecular complexity index is 626. The molecule has 1 aromatic rings. The Kier molecular flexibility index (Phi) is 4.56. The van der Waals surface area contributed by atoms with Crippen molar-refractivity contribution >= 4 is 21.6 Å². The number of carbonyl (C=O) groups is 1. The molecule has 0 bridgehead atoms. The fraction of sp³-hybridized carbons (Fsp3) is 0.533. The van der Waals surface area contributed by atoms with Crippen LogP contribution in [0.4, 0.5) is 5.69 Å². The maximum Gasteiger partial charge on any atom is 0.253 e. The minimum atomic E-state index is -3.21. The summed E-state index contributed by atoms with van der Waals surface area (Å²) in [5, 5.41) is 0. The van der Waals surface area contributed by atoms with E-state index in [-0.39, 0.29) is 11.7 Å². The van der Waals surface area contributed by atoms with E-state index in [1.165, 1.54) is 4.31 Å². The van der Waals surface area contributed by atoms with Crippen molar-refractivity contribution in [1.29, 1.82) is 0 Å². The molecule has 0 aromatic heterocycles. The number of carbonyl (C=O) groups excluding carboxylic acids is 1. The SMILES string of the molecule is CC(C)CN(C)C(=O)c1cccc(N2CCCS2(=O)=O)c1. The number of sulfonamides is 1. The van der Waals surface area contributed by atoms with Crippen molar-refractivity contribution < 1.29 is 13.2 Å². The van der Waals surface area contributed by atoms with Crippen LogP contribution in [0.2, 0.25) is 0 Å². The van der Waals surface area contributed by atoms with E-state index < -0.39 is 10.0 Å². The van der Waals surface area contributed by atoms with E-state index in [9.17, 15) is 13.2 Å². The van der Waals surface area contributed by atoms with Crippen molar-refractivity contribution in [3.8, 4) is 0 Å². The molecule has 1 fully saturated rings. The summed E-state index contributed by atoms with van der Waals surface area (Å²) in [7, 11) is -1.45. The quantitative estimate of drug-likeness (QED) is 0.854. The molecular weight excluding hydrogens is 288 g/mol. The van der Waals surface area contributed by atoms with Crippen LogP contribution in [-0.2, 0) is 10.0 Å². The minimum Gasteiger partial charge on any atom is -0.341 e. The molecule has 116 valence electrons. The summed E-state index contributed by atoms with van der Waals surface area (Å²) in [6, 6.07) is 6.87. The van der Waals surface area contributed by atoms with Crippen molar-refractivity contribution in [1.82, 2.24) is 4.90 Å². The molecule has 1 heterocycles. The van der Waals surface area contributed by atoms with E-state index in [1.54, 1.807) is 36.2 Å². The first-order chi connectivity index (χ1) is 9.81. The maximum atomic E-state index is 12.4.